The third-order valence-corrected chi connectivity index (χ3v) is 3.29. The molecule has 0 fully saturated rings. The molecule has 0 atom stereocenters. The number of nitrogens with zero attached hydrogens (tertiary/aromatic N) is 1. The topological polar surface area (TPSA) is 58.7 Å². The van der Waals surface area contributed by atoms with Gasteiger partial charge in [0, 0.05) is 30.3 Å². The van der Waals surface area contributed by atoms with Crippen LogP contribution in [-0.4, -0.2) is 41.3 Å². The predicted octanol–water partition coefficient (Wildman–Crippen LogP) is 1.53. The molecule has 0 unspecified atom stereocenters. The molecule has 0 radical (unpaired) electrons. The van der Waals surface area contributed by atoms with Crippen LogP contribution in [0.25, 0.3) is 0 Å². The highest BCUT2D eigenvalue weighted by atomic mass is 32.1. The van der Waals surface area contributed by atoms with Gasteiger partial charge in [0.15, 0.2) is 0 Å². The van der Waals surface area contributed by atoms with Crippen LogP contribution in [0.1, 0.15) is 25.0 Å². The summed E-state index contributed by atoms with van der Waals surface area (Å²) in [6, 6.07) is 6.02. The van der Waals surface area contributed by atoms with Gasteiger partial charge in [-0.2, -0.15) is 0 Å². The smallest absolute Gasteiger partial charge is 0.123 e. The molecular formula is C14H22N2O2S. The number of aliphatic hydroxyl groups is 1. The molecule has 0 aromatic heterocycles. The van der Waals surface area contributed by atoms with Gasteiger partial charge < -0.3 is 15.6 Å². The van der Waals surface area contributed by atoms with Gasteiger partial charge in [-0.05, 0) is 32.0 Å². The van der Waals surface area contributed by atoms with Crippen molar-refractivity contribution in [2.75, 3.05) is 20.3 Å². The highest BCUT2D eigenvalue weighted by molar-refractivity contribution is 7.80. The number of ether oxygens (including phenoxy) is 1. The first-order valence-corrected chi connectivity index (χ1v) is 6.72. The fraction of sp³-hybridized carbons (Fsp3) is 0.500. The summed E-state index contributed by atoms with van der Waals surface area (Å²) in [7, 11) is 1.64. The summed E-state index contributed by atoms with van der Waals surface area (Å²) >= 11 is 5.00. The number of hydrogen-bond donors (Lipinski definition) is 2. The molecule has 0 saturated heterocycles. The van der Waals surface area contributed by atoms with Crippen molar-refractivity contribution in [2.45, 2.75) is 26.4 Å². The number of hydrogen-bond acceptors (Lipinski definition) is 4. The third-order valence-electron chi connectivity index (χ3n) is 3.06. The van der Waals surface area contributed by atoms with Crippen molar-refractivity contribution in [1.29, 1.82) is 0 Å². The van der Waals surface area contributed by atoms with Gasteiger partial charge in [0.25, 0.3) is 0 Å². The average Bonchev–Trinajstić information content (AvgIpc) is 2.37. The minimum Gasteiger partial charge on any atom is -0.496 e. The molecule has 4 nitrogen and oxygen atoms in total. The fourth-order valence-corrected chi connectivity index (χ4v) is 2.05. The van der Waals surface area contributed by atoms with Crippen molar-refractivity contribution in [3.8, 4) is 5.75 Å². The molecule has 5 heteroatoms. The Bertz CT molecular complexity index is 435. The molecule has 3 N–H and O–H groups in total. The van der Waals surface area contributed by atoms with Gasteiger partial charge in [0.2, 0.25) is 0 Å². The normalized spacial score (nSPS) is 11.1. The Morgan fingerprint density at radius 1 is 1.47 bits per heavy atom. The Labute approximate surface area is 120 Å². The summed E-state index contributed by atoms with van der Waals surface area (Å²) in [4.78, 5) is 2.54. The minimum absolute atomic E-state index is 0.134. The maximum Gasteiger partial charge on any atom is 0.123 e. The standard InChI is InChI=1S/C14H22N2O2S/c1-10(2)16(6-7-17)9-12-8-11(14(15)19)4-5-13(12)18-3/h4-5,8,10,17H,6-7,9H2,1-3H3,(H2,15,19). The Kier molecular flexibility index (Phi) is 6.21. The molecule has 0 heterocycles. The van der Waals surface area contributed by atoms with Crippen molar-refractivity contribution < 1.29 is 9.84 Å². The highest BCUT2D eigenvalue weighted by Gasteiger charge is 2.13. The lowest BCUT2D eigenvalue weighted by molar-refractivity contribution is 0.158. The fourth-order valence-electron chi connectivity index (χ4n) is 1.92. The molecule has 0 aliphatic heterocycles. The maximum atomic E-state index is 9.12. The van der Waals surface area contributed by atoms with Crippen LogP contribution in [0.4, 0.5) is 0 Å². The van der Waals surface area contributed by atoms with E-state index >= 15 is 0 Å². The lowest BCUT2D eigenvalue weighted by atomic mass is 10.1. The lowest BCUT2D eigenvalue weighted by Gasteiger charge is -2.26. The second-order valence-electron chi connectivity index (χ2n) is 4.68. The van der Waals surface area contributed by atoms with E-state index in [2.05, 4.69) is 18.7 Å². The van der Waals surface area contributed by atoms with Gasteiger partial charge in [-0.1, -0.05) is 12.2 Å². The van der Waals surface area contributed by atoms with E-state index in [1.807, 2.05) is 18.2 Å². The molecule has 19 heavy (non-hydrogen) atoms. The van der Waals surface area contributed by atoms with Crippen molar-refractivity contribution in [3.63, 3.8) is 0 Å². The third kappa shape index (κ3) is 4.45. The number of nitrogens with two attached hydrogens (primary N) is 1. The van der Waals surface area contributed by atoms with E-state index in [1.165, 1.54) is 0 Å². The average molecular weight is 282 g/mol. The van der Waals surface area contributed by atoms with Crippen LogP contribution in [0, 0.1) is 0 Å². The van der Waals surface area contributed by atoms with E-state index in [4.69, 9.17) is 27.8 Å². The SMILES string of the molecule is COc1ccc(C(N)=S)cc1CN(CCO)C(C)C. The Morgan fingerprint density at radius 3 is 2.63 bits per heavy atom. The molecule has 0 aliphatic rings. The Balaban J connectivity index is 3.01. The summed E-state index contributed by atoms with van der Waals surface area (Å²) < 4.78 is 5.37. The largest absolute Gasteiger partial charge is 0.496 e. The quantitative estimate of drug-likeness (QED) is 0.743. The number of methoxy groups -OCH3 is 1. The summed E-state index contributed by atoms with van der Waals surface area (Å²) in [5, 5.41) is 9.12. The summed E-state index contributed by atoms with van der Waals surface area (Å²) in [6.07, 6.45) is 0. The van der Waals surface area contributed by atoms with E-state index in [9.17, 15) is 0 Å². The second-order valence-corrected chi connectivity index (χ2v) is 5.12. The first-order valence-electron chi connectivity index (χ1n) is 6.31. The van der Waals surface area contributed by atoms with Gasteiger partial charge in [-0.15, -0.1) is 0 Å². The molecular weight excluding hydrogens is 260 g/mol. The number of benzene rings is 1. The van der Waals surface area contributed by atoms with Gasteiger partial charge >= 0.3 is 0 Å². The molecule has 106 valence electrons. The van der Waals surface area contributed by atoms with Crippen LogP contribution in [0.3, 0.4) is 0 Å². The zero-order chi connectivity index (χ0) is 14.4. The maximum absolute atomic E-state index is 9.12. The van der Waals surface area contributed by atoms with E-state index in [-0.39, 0.29) is 6.61 Å². The molecule has 0 saturated carbocycles. The number of rotatable bonds is 7. The molecule has 0 aliphatic carbocycles. The van der Waals surface area contributed by atoms with Crippen LogP contribution >= 0.6 is 12.2 Å². The number of thiocarbonyl (C=S) groups is 1. The van der Waals surface area contributed by atoms with Crippen molar-refractivity contribution in [1.82, 2.24) is 4.90 Å². The van der Waals surface area contributed by atoms with Crippen LogP contribution in [0.2, 0.25) is 0 Å². The van der Waals surface area contributed by atoms with Crippen molar-refractivity contribution >= 4 is 17.2 Å². The second kappa shape index (κ2) is 7.43. The molecule has 0 spiro atoms. The molecule has 1 aromatic carbocycles. The predicted molar refractivity (Wildman–Crippen MR) is 81.5 cm³/mol. The monoisotopic (exact) mass is 282 g/mol. The zero-order valence-electron chi connectivity index (χ0n) is 11.7. The Morgan fingerprint density at radius 2 is 2.16 bits per heavy atom. The van der Waals surface area contributed by atoms with Gasteiger partial charge in [-0.3, -0.25) is 4.90 Å². The van der Waals surface area contributed by atoms with Gasteiger partial charge in [-0.25, -0.2) is 0 Å². The van der Waals surface area contributed by atoms with Crippen LogP contribution in [0.15, 0.2) is 18.2 Å². The van der Waals surface area contributed by atoms with Crippen molar-refractivity contribution in [2.24, 2.45) is 5.73 Å². The zero-order valence-corrected chi connectivity index (χ0v) is 12.5. The van der Waals surface area contributed by atoms with E-state index < -0.39 is 0 Å². The molecule has 0 bridgehead atoms. The molecule has 1 aromatic rings. The Hall–Kier alpha value is -1.17. The van der Waals surface area contributed by atoms with Gasteiger partial charge in [0.05, 0.1) is 13.7 Å². The molecule has 0 amide bonds. The van der Waals surface area contributed by atoms with E-state index in [0.717, 1.165) is 16.9 Å². The lowest BCUT2D eigenvalue weighted by Crippen LogP contribution is -2.33. The summed E-state index contributed by atoms with van der Waals surface area (Å²) in [5.74, 6) is 0.809. The first kappa shape index (κ1) is 15.9. The highest BCUT2D eigenvalue weighted by Crippen LogP contribution is 2.22. The van der Waals surface area contributed by atoms with Crippen LogP contribution in [0.5, 0.6) is 5.75 Å². The molecule has 1 rings (SSSR count). The first-order chi connectivity index (χ1) is 8.99. The van der Waals surface area contributed by atoms with Crippen molar-refractivity contribution in [3.05, 3.63) is 29.3 Å². The minimum atomic E-state index is 0.134. The summed E-state index contributed by atoms with van der Waals surface area (Å²) in [6.45, 7) is 5.64. The van der Waals surface area contributed by atoms with Crippen LogP contribution < -0.4 is 10.5 Å². The van der Waals surface area contributed by atoms with E-state index in [1.54, 1.807) is 7.11 Å². The van der Waals surface area contributed by atoms with E-state index in [0.29, 0.717) is 24.1 Å². The summed E-state index contributed by atoms with van der Waals surface area (Å²) in [5.41, 5.74) is 7.52. The van der Waals surface area contributed by atoms with Gasteiger partial charge in [0.1, 0.15) is 10.7 Å². The van der Waals surface area contributed by atoms with Crippen LogP contribution in [-0.2, 0) is 6.54 Å². The number of aliphatic hydroxyl groups excluding tert-OH is 1.